The van der Waals surface area contributed by atoms with Crippen LogP contribution in [-0.4, -0.2) is 31.6 Å². The molecule has 0 aliphatic carbocycles. The summed E-state index contributed by atoms with van der Waals surface area (Å²) >= 11 is 5.85. The Hall–Kier alpha value is -3.32. The Labute approximate surface area is 163 Å². The van der Waals surface area contributed by atoms with Crippen LogP contribution in [0.1, 0.15) is 20.9 Å². The molecule has 0 bridgehead atoms. The minimum absolute atomic E-state index is 0.196. The SMILES string of the molecule is O=C(COC(=O)c1cc(=O)c2cc(Cl)ccc2o1)c1ccc2c(c1)OCCO2. The molecule has 0 unspecified atom stereocenters. The van der Waals surface area contributed by atoms with Gasteiger partial charge in [-0.3, -0.25) is 9.59 Å². The van der Waals surface area contributed by atoms with Gasteiger partial charge in [0.2, 0.25) is 5.76 Å². The topological polar surface area (TPSA) is 92.0 Å². The van der Waals surface area contributed by atoms with Gasteiger partial charge in [0.15, 0.2) is 29.3 Å². The van der Waals surface area contributed by atoms with Crippen LogP contribution in [0.5, 0.6) is 11.5 Å². The lowest BCUT2D eigenvalue weighted by molar-refractivity contribution is 0.0444. The number of carbonyl (C=O) groups is 2. The van der Waals surface area contributed by atoms with Crippen molar-refractivity contribution in [1.29, 1.82) is 0 Å². The number of hydrogen-bond donors (Lipinski definition) is 0. The molecule has 1 aliphatic heterocycles. The molecule has 0 fully saturated rings. The second-order valence-electron chi connectivity index (χ2n) is 5.97. The van der Waals surface area contributed by atoms with E-state index in [-0.39, 0.29) is 16.7 Å². The molecule has 0 atom stereocenters. The van der Waals surface area contributed by atoms with Crippen molar-refractivity contribution in [2.24, 2.45) is 0 Å². The lowest BCUT2D eigenvalue weighted by atomic mass is 10.1. The lowest BCUT2D eigenvalue weighted by Gasteiger charge is -2.18. The highest BCUT2D eigenvalue weighted by atomic mass is 35.5. The number of halogens is 1. The normalized spacial score (nSPS) is 12.6. The van der Waals surface area contributed by atoms with Crippen LogP contribution in [-0.2, 0) is 4.74 Å². The Morgan fingerprint density at radius 2 is 1.79 bits per heavy atom. The average molecular weight is 401 g/mol. The highest BCUT2D eigenvalue weighted by Gasteiger charge is 2.18. The van der Waals surface area contributed by atoms with Crippen LogP contribution in [0.3, 0.4) is 0 Å². The summed E-state index contributed by atoms with van der Waals surface area (Å²) in [5.74, 6) is -0.629. The number of Topliss-reactive ketones (excluding diaryl/α,β-unsaturated/α-hetero) is 1. The molecular formula is C20H13ClO7. The third-order valence-electron chi connectivity index (χ3n) is 4.09. The van der Waals surface area contributed by atoms with E-state index in [2.05, 4.69) is 0 Å². The van der Waals surface area contributed by atoms with E-state index in [1.54, 1.807) is 12.1 Å². The van der Waals surface area contributed by atoms with E-state index in [0.717, 1.165) is 6.07 Å². The largest absolute Gasteiger partial charge is 0.486 e. The van der Waals surface area contributed by atoms with Gasteiger partial charge in [0, 0.05) is 16.7 Å². The van der Waals surface area contributed by atoms with Crippen molar-refractivity contribution in [3.8, 4) is 11.5 Å². The Morgan fingerprint density at radius 3 is 2.61 bits per heavy atom. The Balaban J connectivity index is 1.48. The molecule has 0 amide bonds. The number of hydrogen-bond acceptors (Lipinski definition) is 7. The number of ketones is 1. The minimum Gasteiger partial charge on any atom is -0.486 e. The van der Waals surface area contributed by atoms with Crippen LogP contribution in [0.15, 0.2) is 51.7 Å². The minimum atomic E-state index is -0.917. The molecular weight excluding hydrogens is 388 g/mol. The molecule has 2 heterocycles. The summed E-state index contributed by atoms with van der Waals surface area (Å²) in [5.41, 5.74) is 0.0718. The number of rotatable bonds is 4. The Morgan fingerprint density at radius 1 is 1.00 bits per heavy atom. The summed E-state index contributed by atoms with van der Waals surface area (Å²) in [7, 11) is 0. The van der Waals surface area contributed by atoms with Gasteiger partial charge in [-0.15, -0.1) is 0 Å². The van der Waals surface area contributed by atoms with E-state index < -0.39 is 23.8 Å². The van der Waals surface area contributed by atoms with Gasteiger partial charge in [0.25, 0.3) is 0 Å². The summed E-state index contributed by atoms with van der Waals surface area (Å²) in [6.45, 7) is 0.327. The maximum absolute atomic E-state index is 12.3. The van der Waals surface area contributed by atoms with Crippen molar-refractivity contribution < 1.29 is 28.2 Å². The van der Waals surface area contributed by atoms with Gasteiger partial charge < -0.3 is 18.6 Å². The fraction of sp³-hybridized carbons (Fsp3) is 0.150. The van der Waals surface area contributed by atoms with Crippen LogP contribution in [0, 0.1) is 0 Å². The number of ether oxygens (including phenoxy) is 3. The van der Waals surface area contributed by atoms with E-state index in [4.69, 9.17) is 30.2 Å². The average Bonchev–Trinajstić information content (AvgIpc) is 2.71. The molecule has 0 radical (unpaired) electrons. The van der Waals surface area contributed by atoms with Crippen molar-refractivity contribution in [1.82, 2.24) is 0 Å². The Bertz CT molecular complexity index is 1150. The molecule has 3 aromatic rings. The second-order valence-corrected chi connectivity index (χ2v) is 6.41. The van der Waals surface area contributed by atoms with Crippen molar-refractivity contribution in [2.45, 2.75) is 0 Å². The van der Waals surface area contributed by atoms with Crippen molar-refractivity contribution in [2.75, 3.05) is 19.8 Å². The standard InChI is InChI=1S/C20H13ClO7/c21-12-2-4-16-13(8-12)14(22)9-19(28-16)20(24)27-10-15(23)11-1-3-17-18(7-11)26-6-5-25-17/h1-4,7-9H,5-6,10H2. The molecule has 28 heavy (non-hydrogen) atoms. The molecule has 4 rings (SSSR count). The first kappa shape index (κ1) is 18.1. The third kappa shape index (κ3) is 3.57. The summed E-state index contributed by atoms with van der Waals surface area (Å²) < 4.78 is 21.2. The third-order valence-corrected chi connectivity index (χ3v) is 4.32. The van der Waals surface area contributed by atoms with Gasteiger partial charge in [0.05, 0.1) is 5.39 Å². The first-order chi connectivity index (χ1) is 13.5. The van der Waals surface area contributed by atoms with E-state index in [9.17, 15) is 14.4 Å². The van der Waals surface area contributed by atoms with Crippen LogP contribution >= 0.6 is 11.6 Å². The predicted molar refractivity (Wildman–Crippen MR) is 99.5 cm³/mol. The fourth-order valence-electron chi connectivity index (χ4n) is 2.73. The summed E-state index contributed by atoms with van der Waals surface area (Å²) in [5, 5.41) is 0.622. The number of fused-ring (bicyclic) bond motifs is 2. The highest BCUT2D eigenvalue weighted by Crippen LogP contribution is 2.30. The van der Waals surface area contributed by atoms with Gasteiger partial charge in [-0.25, -0.2) is 4.79 Å². The monoisotopic (exact) mass is 400 g/mol. The van der Waals surface area contributed by atoms with E-state index in [1.807, 2.05) is 0 Å². The Kier molecular flexibility index (Phi) is 4.75. The van der Waals surface area contributed by atoms with Crippen molar-refractivity contribution >= 4 is 34.3 Å². The van der Waals surface area contributed by atoms with Gasteiger partial charge >= 0.3 is 5.97 Å². The summed E-state index contributed by atoms with van der Waals surface area (Å²) in [6, 6.07) is 10.2. The van der Waals surface area contributed by atoms with Gasteiger partial charge in [-0.2, -0.15) is 0 Å². The molecule has 7 nitrogen and oxygen atoms in total. The molecule has 0 N–H and O–H groups in total. The zero-order valence-corrected chi connectivity index (χ0v) is 15.2. The van der Waals surface area contributed by atoms with Crippen molar-refractivity contribution in [3.63, 3.8) is 0 Å². The van der Waals surface area contributed by atoms with Crippen LogP contribution in [0.25, 0.3) is 11.0 Å². The molecule has 0 spiro atoms. The smallest absolute Gasteiger partial charge is 0.374 e. The molecule has 2 aromatic carbocycles. The van der Waals surface area contributed by atoms with Crippen molar-refractivity contribution in [3.05, 3.63) is 69.0 Å². The maximum atomic E-state index is 12.3. The highest BCUT2D eigenvalue weighted by molar-refractivity contribution is 6.31. The first-order valence-electron chi connectivity index (χ1n) is 8.34. The molecule has 1 aromatic heterocycles. The molecule has 8 heteroatoms. The van der Waals surface area contributed by atoms with Crippen LogP contribution < -0.4 is 14.9 Å². The van der Waals surface area contributed by atoms with Crippen LogP contribution in [0.2, 0.25) is 5.02 Å². The quantitative estimate of drug-likeness (QED) is 0.490. The number of carbonyl (C=O) groups excluding carboxylic acids is 2. The summed E-state index contributed by atoms with van der Waals surface area (Å²) in [4.78, 5) is 36.6. The molecule has 0 saturated carbocycles. The molecule has 1 aliphatic rings. The van der Waals surface area contributed by atoms with Crippen LogP contribution in [0.4, 0.5) is 0 Å². The van der Waals surface area contributed by atoms with E-state index >= 15 is 0 Å². The van der Waals surface area contributed by atoms with E-state index in [1.165, 1.54) is 24.3 Å². The fourth-order valence-corrected chi connectivity index (χ4v) is 2.90. The van der Waals surface area contributed by atoms with Gasteiger partial charge in [-0.1, -0.05) is 11.6 Å². The number of benzene rings is 2. The second kappa shape index (κ2) is 7.36. The lowest BCUT2D eigenvalue weighted by Crippen LogP contribution is -2.18. The summed E-state index contributed by atoms with van der Waals surface area (Å²) in [6.07, 6.45) is 0. The predicted octanol–water partition coefficient (Wildman–Crippen LogP) is 3.26. The molecule has 142 valence electrons. The van der Waals surface area contributed by atoms with Gasteiger partial charge in [0.1, 0.15) is 18.8 Å². The molecule has 0 saturated heterocycles. The maximum Gasteiger partial charge on any atom is 0.374 e. The zero-order valence-electron chi connectivity index (χ0n) is 14.4. The first-order valence-corrected chi connectivity index (χ1v) is 8.72. The zero-order chi connectivity index (χ0) is 19.7. The van der Waals surface area contributed by atoms with E-state index in [0.29, 0.717) is 35.3 Å². The van der Waals surface area contributed by atoms with Gasteiger partial charge in [-0.05, 0) is 36.4 Å². The number of esters is 1.